The fourth-order valence-electron chi connectivity index (χ4n) is 4.71. The minimum absolute atomic E-state index is 0.225. The van der Waals surface area contributed by atoms with Gasteiger partial charge in [-0.15, -0.1) is 0 Å². The van der Waals surface area contributed by atoms with Crippen molar-refractivity contribution in [3.05, 3.63) is 71.8 Å². The van der Waals surface area contributed by atoms with Crippen LogP contribution in [0.4, 0.5) is 4.79 Å². The van der Waals surface area contributed by atoms with E-state index in [0.717, 1.165) is 52.1 Å². The predicted molar refractivity (Wildman–Crippen MR) is 112 cm³/mol. The Kier molecular flexibility index (Phi) is 5.93. The Morgan fingerprint density at radius 3 is 1.64 bits per heavy atom. The van der Waals surface area contributed by atoms with E-state index < -0.39 is 0 Å². The third kappa shape index (κ3) is 4.54. The van der Waals surface area contributed by atoms with E-state index in [9.17, 15) is 4.79 Å². The smallest absolute Gasteiger partial charge is 0.315 e. The molecule has 148 valence electrons. The van der Waals surface area contributed by atoms with Crippen molar-refractivity contribution in [3.8, 4) is 0 Å². The third-order valence-electron chi connectivity index (χ3n) is 6.03. The van der Waals surface area contributed by atoms with Gasteiger partial charge in [0.1, 0.15) is 0 Å². The van der Waals surface area contributed by atoms with Crippen LogP contribution in [-0.4, -0.2) is 59.0 Å². The van der Waals surface area contributed by atoms with Crippen LogP contribution in [0.15, 0.2) is 60.7 Å². The molecule has 5 heteroatoms. The fourth-order valence-corrected chi connectivity index (χ4v) is 4.71. The highest BCUT2D eigenvalue weighted by atomic mass is 16.2. The van der Waals surface area contributed by atoms with Crippen molar-refractivity contribution in [2.45, 2.75) is 38.0 Å². The van der Waals surface area contributed by atoms with Crippen LogP contribution < -0.4 is 5.73 Å². The molecule has 0 bridgehead atoms. The number of carbonyl (C=O) groups is 1. The zero-order valence-electron chi connectivity index (χ0n) is 16.4. The van der Waals surface area contributed by atoms with Gasteiger partial charge in [0, 0.05) is 51.4 Å². The molecule has 28 heavy (non-hydrogen) atoms. The van der Waals surface area contributed by atoms with Crippen molar-refractivity contribution in [1.82, 2.24) is 14.7 Å². The fraction of sp³-hybridized carbons (Fsp3) is 0.435. The van der Waals surface area contributed by atoms with Gasteiger partial charge in [0.2, 0.25) is 0 Å². The number of hydrogen-bond donors (Lipinski definition) is 1. The molecule has 2 aromatic rings. The van der Waals surface area contributed by atoms with Gasteiger partial charge in [0.05, 0.1) is 0 Å². The SMILES string of the molecule is NC(=O)N([C@@H]1CCN(Cc2ccccc2)C1)[C@@H]1CCN(Cc2ccccc2)C1. The molecule has 2 fully saturated rings. The number of hydrogen-bond acceptors (Lipinski definition) is 3. The van der Waals surface area contributed by atoms with Crippen LogP contribution in [0.3, 0.4) is 0 Å². The quantitative estimate of drug-likeness (QED) is 0.841. The molecular weight excluding hydrogens is 348 g/mol. The van der Waals surface area contributed by atoms with Gasteiger partial charge in [0.25, 0.3) is 0 Å². The number of nitrogens with two attached hydrogens (primary N) is 1. The van der Waals surface area contributed by atoms with Crippen molar-refractivity contribution >= 4 is 6.03 Å². The molecule has 2 N–H and O–H groups in total. The summed E-state index contributed by atoms with van der Waals surface area (Å²) in [5.41, 5.74) is 8.49. The number of rotatable bonds is 6. The third-order valence-corrected chi connectivity index (χ3v) is 6.03. The first-order chi connectivity index (χ1) is 13.7. The molecule has 4 rings (SSSR count). The van der Waals surface area contributed by atoms with E-state index in [1.54, 1.807) is 0 Å². The van der Waals surface area contributed by atoms with Gasteiger partial charge < -0.3 is 10.6 Å². The van der Waals surface area contributed by atoms with E-state index in [4.69, 9.17) is 5.73 Å². The lowest BCUT2D eigenvalue weighted by Gasteiger charge is -2.33. The molecule has 0 aromatic heterocycles. The summed E-state index contributed by atoms with van der Waals surface area (Å²) in [5, 5.41) is 0. The topological polar surface area (TPSA) is 52.8 Å². The van der Waals surface area contributed by atoms with Gasteiger partial charge >= 0.3 is 6.03 Å². The van der Waals surface area contributed by atoms with Gasteiger partial charge in [0.15, 0.2) is 0 Å². The Morgan fingerprint density at radius 2 is 1.25 bits per heavy atom. The Morgan fingerprint density at radius 1 is 0.821 bits per heavy atom. The highest BCUT2D eigenvalue weighted by Gasteiger charge is 2.37. The van der Waals surface area contributed by atoms with Crippen LogP contribution in [0.25, 0.3) is 0 Å². The molecular formula is C23H30N4O. The van der Waals surface area contributed by atoms with Crippen LogP contribution in [0, 0.1) is 0 Å². The Bertz CT molecular complexity index is 707. The highest BCUT2D eigenvalue weighted by molar-refractivity contribution is 5.73. The largest absolute Gasteiger partial charge is 0.351 e. The van der Waals surface area contributed by atoms with E-state index in [0.29, 0.717) is 0 Å². The first kappa shape index (κ1) is 19.0. The molecule has 2 atom stereocenters. The summed E-state index contributed by atoms with van der Waals surface area (Å²) >= 11 is 0. The maximum Gasteiger partial charge on any atom is 0.315 e. The maximum atomic E-state index is 12.3. The standard InChI is InChI=1S/C23H30N4O/c24-23(28)27(21-11-13-25(17-21)15-19-7-3-1-4-8-19)22-12-14-26(18-22)16-20-9-5-2-6-10-20/h1-10,21-22H,11-18H2,(H2,24,28)/t21-,22-/m1/s1. The van der Waals surface area contributed by atoms with Crippen LogP contribution in [0.1, 0.15) is 24.0 Å². The number of benzene rings is 2. The molecule has 5 nitrogen and oxygen atoms in total. The van der Waals surface area contributed by atoms with Crippen LogP contribution >= 0.6 is 0 Å². The van der Waals surface area contributed by atoms with E-state index in [1.165, 1.54) is 11.1 Å². The number of urea groups is 1. The summed E-state index contributed by atoms with van der Waals surface area (Å²) in [5.74, 6) is 0. The molecule has 2 saturated heterocycles. The Hall–Kier alpha value is -2.37. The summed E-state index contributed by atoms with van der Waals surface area (Å²) in [4.78, 5) is 19.2. The molecule has 0 radical (unpaired) electrons. The van der Waals surface area contributed by atoms with Gasteiger partial charge in [-0.1, -0.05) is 60.7 Å². The average Bonchev–Trinajstić information content (AvgIpc) is 3.34. The molecule has 0 spiro atoms. The Labute approximate surface area is 167 Å². The summed E-state index contributed by atoms with van der Waals surface area (Å²) < 4.78 is 0. The molecule has 2 aromatic carbocycles. The lowest BCUT2D eigenvalue weighted by atomic mass is 10.1. The summed E-state index contributed by atoms with van der Waals surface area (Å²) in [6, 6.07) is 21.3. The first-order valence-electron chi connectivity index (χ1n) is 10.3. The summed E-state index contributed by atoms with van der Waals surface area (Å²) in [6.07, 6.45) is 2.01. The molecule has 2 aliphatic heterocycles. The summed E-state index contributed by atoms with van der Waals surface area (Å²) in [7, 11) is 0. The van der Waals surface area contributed by atoms with Crippen molar-refractivity contribution in [3.63, 3.8) is 0 Å². The molecule has 2 aliphatic rings. The zero-order valence-corrected chi connectivity index (χ0v) is 16.4. The van der Waals surface area contributed by atoms with E-state index in [1.807, 2.05) is 17.0 Å². The second-order valence-electron chi connectivity index (χ2n) is 8.07. The van der Waals surface area contributed by atoms with E-state index >= 15 is 0 Å². The summed E-state index contributed by atoms with van der Waals surface area (Å²) in [6.45, 7) is 5.73. The van der Waals surface area contributed by atoms with E-state index in [2.05, 4.69) is 58.3 Å². The van der Waals surface area contributed by atoms with Crippen LogP contribution in [0.2, 0.25) is 0 Å². The second kappa shape index (κ2) is 8.76. The molecule has 2 amide bonds. The van der Waals surface area contributed by atoms with Crippen LogP contribution in [0.5, 0.6) is 0 Å². The van der Waals surface area contributed by atoms with Gasteiger partial charge in [-0.3, -0.25) is 9.80 Å². The van der Waals surface area contributed by atoms with Crippen molar-refractivity contribution < 1.29 is 4.79 Å². The number of nitrogens with zero attached hydrogens (tertiary/aromatic N) is 3. The normalized spacial score (nSPS) is 23.1. The minimum Gasteiger partial charge on any atom is -0.351 e. The zero-order chi connectivity index (χ0) is 19.3. The van der Waals surface area contributed by atoms with Crippen LogP contribution in [-0.2, 0) is 13.1 Å². The average molecular weight is 379 g/mol. The minimum atomic E-state index is -0.266. The van der Waals surface area contributed by atoms with E-state index in [-0.39, 0.29) is 18.1 Å². The maximum absolute atomic E-state index is 12.3. The Balaban J connectivity index is 1.35. The molecule has 0 saturated carbocycles. The monoisotopic (exact) mass is 378 g/mol. The molecule has 0 aliphatic carbocycles. The first-order valence-corrected chi connectivity index (χ1v) is 10.3. The highest BCUT2D eigenvalue weighted by Crippen LogP contribution is 2.25. The number of carbonyl (C=O) groups excluding carboxylic acids is 1. The van der Waals surface area contributed by atoms with Gasteiger partial charge in [-0.2, -0.15) is 0 Å². The van der Waals surface area contributed by atoms with Crippen molar-refractivity contribution in [1.29, 1.82) is 0 Å². The number of likely N-dealkylation sites (tertiary alicyclic amines) is 2. The van der Waals surface area contributed by atoms with Crippen molar-refractivity contribution in [2.24, 2.45) is 5.73 Å². The van der Waals surface area contributed by atoms with Gasteiger partial charge in [-0.25, -0.2) is 4.79 Å². The number of amides is 2. The molecule has 0 unspecified atom stereocenters. The lowest BCUT2D eigenvalue weighted by Crippen LogP contribution is -2.51. The van der Waals surface area contributed by atoms with Gasteiger partial charge in [-0.05, 0) is 24.0 Å². The molecule has 2 heterocycles. The predicted octanol–water partition coefficient (Wildman–Crippen LogP) is 2.92. The number of primary amides is 1. The second-order valence-corrected chi connectivity index (χ2v) is 8.07. The van der Waals surface area contributed by atoms with Crippen molar-refractivity contribution in [2.75, 3.05) is 26.2 Å². The lowest BCUT2D eigenvalue weighted by molar-refractivity contribution is 0.149.